The predicted octanol–water partition coefficient (Wildman–Crippen LogP) is 4.70. The first-order valence-electron chi connectivity index (χ1n) is 9.04. The number of nitrogens with zero attached hydrogens (tertiary/aromatic N) is 2. The van der Waals surface area contributed by atoms with Crippen molar-refractivity contribution in [3.05, 3.63) is 60.8 Å². The van der Waals surface area contributed by atoms with Crippen molar-refractivity contribution < 1.29 is 9.47 Å². The van der Waals surface area contributed by atoms with Crippen LogP contribution in [0.2, 0.25) is 0 Å². The van der Waals surface area contributed by atoms with Gasteiger partial charge in [0.1, 0.15) is 6.23 Å². The van der Waals surface area contributed by atoms with Gasteiger partial charge in [0.25, 0.3) is 0 Å². The number of para-hydroxylation sites is 2. The summed E-state index contributed by atoms with van der Waals surface area (Å²) in [4.78, 5) is 8.69. The Bertz CT molecular complexity index is 850. The van der Waals surface area contributed by atoms with Crippen molar-refractivity contribution in [3.63, 3.8) is 0 Å². The van der Waals surface area contributed by atoms with Crippen molar-refractivity contribution >= 4 is 11.5 Å². The summed E-state index contributed by atoms with van der Waals surface area (Å²) in [5, 5.41) is 3.20. The van der Waals surface area contributed by atoms with Crippen LogP contribution in [0.1, 0.15) is 20.3 Å². The molecule has 140 valence electrons. The molecule has 0 spiro atoms. The second-order valence-corrected chi connectivity index (χ2v) is 5.90. The molecule has 3 aromatic rings. The van der Waals surface area contributed by atoms with Crippen LogP contribution in [-0.4, -0.2) is 22.8 Å². The van der Waals surface area contributed by atoms with Crippen LogP contribution < -0.4 is 15.8 Å². The molecule has 2 heterocycles. The van der Waals surface area contributed by atoms with Gasteiger partial charge in [0, 0.05) is 12.2 Å². The summed E-state index contributed by atoms with van der Waals surface area (Å²) in [6.07, 6.45) is 2.47. The zero-order chi connectivity index (χ0) is 19.1. The molecule has 1 atom stereocenters. The normalized spacial score (nSPS) is 12.1. The number of nitrogens with one attached hydrogen (secondary N) is 1. The summed E-state index contributed by atoms with van der Waals surface area (Å²) in [6.45, 7) is 4.65. The number of fused-ring (bicyclic) bond motifs is 1. The minimum atomic E-state index is -0.0755. The largest absolute Gasteiger partial charge is 0.450 e. The fourth-order valence-electron chi connectivity index (χ4n) is 2.48. The third-order valence-corrected chi connectivity index (χ3v) is 3.93. The second-order valence-electron chi connectivity index (χ2n) is 5.90. The number of aromatic nitrogens is 2. The Morgan fingerprint density at radius 3 is 2.26 bits per heavy atom. The number of rotatable bonds is 6. The highest BCUT2D eigenvalue weighted by Gasteiger charge is 2.15. The number of ether oxygens (including phenoxy) is 2. The van der Waals surface area contributed by atoms with Gasteiger partial charge in [-0.25, -0.2) is 9.97 Å². The Morgan fingerprint density at radius 1 is 1.04 bits per heavy atom. The third-order valence-electron chi connectivity index (χ3n) is 3.93. The van der Waals surface area contributed by atoms with Gasteiger partial charge in [-0.05, 0) is 25.5 Å². The SMILES string of the molecule is CCOC(CC)Nc1cnc(-c2ccccc2)nc1N.c1ccc2c(c1)O2. The monoisotopic (exact) mass is 364 g/mol. The van der Waals surface area contributed by atoms with Crippen LogP contribution in [0.3, 0.4) is 0 Å². The van der Waals surface area contributed by atoms with E-state index in [1.165, 1.54) is 0 Å². The minimum Gasteiger partial charge on any atom is -0.450 e. The van der Waals surface area contributed by atoms with E-state index in [0.717, 1.165) is 23.5 Å². The Hall–Kier alpha value is -3.12. The predicted molar refractivity (Wildman–Crippen MR) is 108 cm³/mol. The molecule has 0 saturated heterocycles. The highest BCUT2D eigenvalue weighted by molar-refractivity contribution is 5.65. The molecular weight excluding hydrogens is 340 g/mol. The molecule has 3 N–H and O–H groups in total. The lowest BCUT2D eigenvalue weighted by molar-refractivity contribution is 0.0803. The summed E-state index contributed by atoms with van der Waals surface area (Å²) in [5.41, 5.74) is 7.63. The average Bonchev–Trinajstić information content (AvgIpc) is 3.50. The second kappa shape index (κ2) is 9.00. The summed E-state index contributed by atoms with van der Waals surface area (Å²) >= 11 is 0. The van der Waals surface area contributed by atoms with E-state index in [4.69, 9.17) is 15.2 Å². The van der Waals surface area contributed by atoms with Gasteiger partial charge in [-0.1, -0.05) is 49.4 Å². The lowest BCUT2D eigenvalue weighted by atomic mass is 10.2. The van der Waals surface area contributed by atoms with Crippen molar-refractivity contribution in [2.45, 2.75) is 26.5 Å². The maximum Gasteiger partial charge on any atom is 0.170 e. The van der Waals surface area contributed by atoms with Gasteiger partial charge in [0.2, 0.25) is 0 Å². The first-order chi connectivity index (χ1) is 13.2. The first-order valence-corrected chi connectivity index (χ1v) is 9.04. The summed E-state index contributed by atoms with van der Waals surface area (Å²) in [6, 6.07) is 17.6. The van der Waals surface area contributed by atoms with Crippen LogP contribution >= 0.6 is 0 Å². The molecule has 0 amide bonds. The van der Waals surface area contributed by atoms with Crippen molar-refractivity contribution in [1.29, 1.82) is 0 Å². The van der Waals surface area contributed by atoms with Crippen LogP contribution in [0.4, 0.5) is 11.5 Å². The number of anilines is 2. The van der Waals surface area contributed by atoms with E-state index < -0.39 is 0 Å². The van der Waals surface area contributed by atoms with Crippen molar-refractivity contribution in [1.82, 2.24) is 9.97 Å². The minimum absolute atomic E-state index is 0.0755. The highest BCUT2D eigenvalue weighted by atomic mass is 16.6. The molecule has 0 saturated carbocycles. The molecule has 2 aromatic carbocycles. The van der Waals surface area contributed by atoms with Crippen molar-refractivity contribution in [2.24, 2.45) is 0 Å². The van der Waals surface area contributed by atoms with Crippen LogP contribution in [0.25, 0.3) is 11.4 Å². The average molecular weight is 364 g/mol. The number of nitrogens with two attached hydrogens (primary N) is 1. The van der Waals surface area contributed by atoms with E-state index in [1.54, 1.807) is 6.20 Å². The van der Waals surface area contributed by atoms with Crippen molar-refractivity contribution in [3.8, 4) is 22.9 Å². The van der Waals surface area contributed by atoms with E-state index in [9.17, 15) is 0 Å². The maximum atomic E-state index is 5.99. The van der Waals surface area contributed by atoms with Gasteiger partial charge in [-0.3, -0.25) is 0 Å². The maximum absolute atomic E-state index is 5.99. The quantitative estimate of drug-likeness (QED) is 0.381. The molecule has 6 nitrogen and oxygen atoms in total. The lowest BCUT2D eigenvalue weighted by Gasteiger charge is -2.18. The Balaban J connectivity index is 0.000000246. The van der Waals surface area contributed by atoms with Gasteiger partial charge in [-0.2, -0.15) is 0 Å². The zero-order valence-electron chi connectivity index (χ0n) is 15.6. The molecular formula is C21H24N4O2. The topological polar surface area (TPSA) is 85.6 Å². The van der Waals surface area contributed by atoms with Gasteiger partial charge >= 0.3 is 0 Å². The number of nitrogen functional groups attached to an aromatic ring is 1. The Labute approximate surface area is 159 Å². The molecule has 1 aliphatic heterocycles. The number of benzene rings is 2. The molecule has 0 aliphatic carbocycles. The highest BCUT2D eigenvalue weighted by Crippen LogP contribution is 2.43. The molecule has 0 radical (unpaired) electrons. The number of hydrogen-bond donors (Lipinski definition) is 2. The molecule has 1 aromatic heterocycles. The van der Waals surface area contributed by atoms with Gasteiger partial charge in [0.05, 0.1) is 11.9 Å². The summed E-state index contributed by atoms with van der Waals surface area (Å²) in [7, 11) is 0. The molecule has 1 unspecified atom stereocenters. The molecule has 1 aliphatic rings. The first kappa shape index (κ1) is 18.7. The van der Waals surface area contributed by atoms with E-state index in [0.29, 0.717) is 23.9 Å². The van der Waals surface area contributed by atoms with E-state index >= 15 is 0 Å². The molecule has 0 fully saturated rings. The molecule has 27 heavy (non-hydrogen) atoms. The molecule has 6 heteroatoms. The van der Waals surface area contributed by atoms with Crippen molar-refractivity contribution in [2.75, 3.05) is 17.7 Å². The fourth-order valence-corrected chi connectivity index (χ4v) is 2.48. The summed E-state index contributed by atoms with van der Waals surface area (Å²) < 4.78 is 10.5. The fraction of sp³-hybridized carbons (Fsp3) is 0.238. The van der Waals surface area contributed by atoms with Gasteiger partial charge in [0.15, 0.2) is 23.1 Å². The van der Waals surface area contributed by atoms with E-state index in [1.807, 2.05) is 68.4 Å². The van der Waals surface area contributed by atoms with Crippen LogP contribution in [-0.2, 0) is 4.74 Å². The number of hydrogen-bond acceptors (Lipinski definition) is 6. The van der Waals surface area contributed by atoms with Crippen LogP contribution in [0.5, 0.6) is 11.5 Å². The van der Waals surface area contributed by atoms with E-state index in [-0.39, 0.29) is 6.23 Å². The third kappa shape index (κ3) is 5.18. The summed E-state index contributed by atoms with van der Waals surface area (Å²) in [5.74, 6) is 3.11. The molecule has 0 bridgehead atoms. The Morgan fingerprint density at radius 2 is 1.70 bits per heavy atom. The van der Waals surface area contributed by atoms with E-state index in [2.05, 4.69) is 15.3 Å². The zero-order valence-corrected chi connectivity index (χ0v) is 15.6. The molecule has 4 rings (SSSR count). The van der Waals surface area contributed by atoms with Gasteiger partial charge in [-0.15, -0.1) is 0 Å². The smallest absolute Gasteiger partial charge is 0.170 e. The standard InChI is InChI=1S/C15H20N4O.C6H4O/c1-3-13(20-4-2)18-12-10-17-15(19-14(12)16)11-8-6-5-7-9-11;1-2-4-6-5(3-1)7-6/h5-10,13,18H,3-4H2,1-2H3,(H2,16,17,19);1-4H. The van der Waals surface area contributed by atoms with Gasteiger partial charge < -0.3 is 20.5 Å². The van der Waals surface area contributed by atoms with Crippen LogP contribution in [0, 0.1) is 0 Å². The lowest BCUT2D eigenvalue weighted by Crippen LogP contribution is -2.23. The Kier molecular flexibility index (Phi) is 6.22. The van der Waals surface area contributed by atoms with Crippen LogP contribution in [0.15, 0.2) is 60.8 Å².